The number of imidazole rings is 1. The molecule has 0 bridgehead atoms. The SMILES string of the molecule is Cc1ccc2c(c1)nc(CCl)n2C1(C)CCCOC1. The summed E-state index contributed by atoms with van der Waals surface area (Å²) in [5.41, 5.74) is 3.38. The van der Waals surface area contributed by atoms with Crippen LogP contribution in [0.4, 0.5) is 0 Å². The number of ether oxygens (including phenoxy) is 1. The highest BCUT2D eigenvalue weighted by Gasteiger charge is 2.32. The van der Waals surface area contributed by atoms with Crippen LogP contribution in [0.5, 0.6) is 0 Å². The Morgan fingerprint density at radius 1 is 1.47 bits per heavy atom. The van der Waals surface area contributed by atoms with Gasteiger partial charge in [0.15, 0.2) is 0 Å². The summed E-state index contributed by atoms with van der Waals surface area (Å²) >= 11 is 6.10. The van der Waals surface area contributed by atoms with Gasteiger partial charge in [-0.25, -0.2) is 4.98 Å². The molecule has 1 fully saturated rings. The highest BCUT2D eigenvalue weighted by atomic mass is 35.5. The monoisotopic (exact) mass is 278 g/mol. The van der Waals surface area contributed by atoms with Gasteiger partial charge in [0.25, 0.3) is 0 Å². The number of alkyl halides is 1. The molecule has 0 radical (unpaired) electrons. The van der Waals surface area contributed by atoms with Crippen molar-refractivity contribution in [1.82, 2.24) is 9.55 Å². The Labute approximate surface area is 118 Å². The largest absolute Gasteiger partial charge is 0.379 e. The van der Waals surface area contributed by atoms with E-state index in [2.05, 4.69) is 41.6 Å². The molecule has 0 amide bonds. The Morgan fingerprint density at radius 3 is 3.00 bits per heavy atom. The molecule has 19 heavy (non-hydrogen) atoms. The molecule has 2 heterocycles. The predicted molar refractivity (Wildman–Crippen MR) is 77.7 cm³/mol. The number of hydrogen-bond donors (Lipinski definition) is 0. The molecule has 4 heteroatoms. The van der Waals surface area contributed by atoms with E-state index < -0.39 is 0 Å². The van der Waals surface area contributed by atoms with Gasteiger partial charge in [-0.3, -0.25) is 0 Å². The van der Waals surface area contributed by atoms with Crippen molar-refractivity contribution >= 4 is 22.6 Å². The number of fused-ring (bicyclic) bond motifs is 1. The Kier molecular flexibility index (Phi) is 3.27. The smallest absolute Gasteiger partial charge is 0.125 e. The van der Waals surface area contributed by atoms with Gasteiger partial charge in [0, 0.05) is 6.61 Å². The predicted octanol–water partition coefficient (Wildman–Crippen LogP) is 3.61. The summed E-state index contributed by atoms with van der Waals surface area (Å²) in [6, 6.07) is 6.40. The molecule has 1 aliphatic rings. The van der Waals surface area contributed by atoms with Crippen LogP contribution in [-0.2, 0) is 16.2 Å². The third-order valence-electron chi connectivity index (χ3n) is 3.96. The van der Waals surface area contributed by atoms with Crippen molar-refractivity contribution in [3.63, 3.8) is 0 Å². The van der Waals surface area contributed by atoms with Crippen LogP contribution < -0.4 is 0 Å². The lowest BCUT2D eigenvalue weighted by molar-refractivity contribution is 0.0104. The number of aromatic nitrogens is 2. The van der Waals surface area contributed by atoms with Gasteiger partial charge >= 0.3 is 0 Å². The van der Waals surface area contributed by atoms with Crippen LogP contribution in [-0.4, -0.2) is 22.8 Å². The maximum Gasteiger partial charge on any atom is 0.125 e. The molecular formula is C15H19ClN2O. The third-order valence-corrected chi connectivity index (χ3v) is 4.19. The Balaban J connectivity index is 2.20. The number of aryl methyl sites for hydroxylation is 1. The number of hydrogen-bond acceptors (Lipinski definition) is 2. The topological polar surface area (TPSA) is 27.1 Å². The molecule has 1 saturated heterocycles. The van der Waals surface area contributed by atoms with E-state index in [0.29, 0.717) is 5.88 Å². The molecule has 1 aliphatic heterocycles. The summed E-state index contributed by atoms with van der Waals surface area (Å²) in [7, 11) is 0. The molecule has 3 rings (SSSR count). The van der Waals surface area contributed by atoms with E-state index in [1.54, 1.807) is 0 Å². The van der Waals surface area contributed by atoms with E-state index >= 15 is 0 Å². The second kappa shape index (κ2) is 4.80. The van der Waals surface area contributed by atoms with Gasteiger partial charge in [0.1, 0.15) is 5.82 Å². The zero-order valence-corrected chi connectivity index (χ0v) is 12.2. The van der Waals surface area contributed by atoms with Crippen LogP contribution in [0.3, 0.4) is 0 Å². The minimum Gasteiger partial charge on any atom is -0.379 e. The van der Waals surface area contributed by atoms with E-state index in [1.807, 2.05) is 0 Å². The molecule has 1 atom stereocenters. The molecule has 2 aromatic rings. The van der Waals surface area contributed by atoms with Gasteiger partial charge < -0.3 is 9.30 Å². The summed E-state index contributed by atoms with van der Waals surface area (Å²) in [6.07, 6.45) is 2.19. The molecule has 1 aromatic carbocycles. The molecule has 3 nitrogen and oxygen atoms in total. The van der Waals surface area contributed by atoms with Crippen molar-refractivity contribution in [3.05, 3.63) is 29.6 Å². The van der Waals surface area contributed by atoms with E-state index in [-0.39, 0.29) is 5.54 Å². The second-order valence-corrected chi connectivity index (χ2v) is 5.91. The van der Waals surface area contributed by atoms with Gasteiger partial charge in [0.2, 0.25) is 0 Å². The first-order valence-corrected chi connectivity index (χ1v) is 7.30. The fourth-order valence-electron chi connectivity index (χ4n) is 3.03. The molecule has 0 saturated carbocycles. The van der Waals surface area contributed by atoms with E-state index in [0.717, 1.165) is 42.9 Å². The maximum absolute atomic E-state index is 6.10. The maximum atomic E-state index is 6.10. The third kappa shape index (κ3) is 2.15. The van der Waals surface area contributed by atoms with Crippen molar-refractivity contribution < 1.29 is 4.74 Å². The summed E-state index contributed by atoms with van der Waals surface area (Å²) < 4.78 is 7.97. The molecule has 1 unspecified atom stereocenters. The lowest BCUT2D eigenvalue weighted by Gasteiger charge is -2.36. The Morgan fingerprint density at radius 2 is 2.32 bits per heavy atom. The first-order valence-electron chi connectivity index (χ1n) is 6.76. The van der Waals surface area contributed by atoms with Crippen LogP contribution in [0.2, 0.25) is 0 Å². The standard InChI is InChI=1S/C15H19ClN2O/c1-11-4-5-13-12(8-11)17-14(9-16)18(13)15(2)6-3-7-19-10-15/h4-5,8H,3,6-7,9-10H2,1-2H3. The van der Waals surface area contributed by atoms with Crippen molar-refractivity contribution in [2.45, 2.75) is 38.1 Å². The Bertz CT molecular complexity index is 599. The van der Waals surface area contributed by atoms with Crippen molar-refractivity contribution in [2.75, 3.05) is 13.2 Å². The summed E-state index contributed by atoms with van der Waals surface area (Å²) in [6.45, 7) is 5.92. The summed E-state index contributed by atoms with van der Waals surface area (Å²) in [5, 5.41) is 0. The highest BCUT2D eigenvalue weighted by molar-refractivity contribution is 6.16. The quantitative estimate of drug-likeness (QED) is 0.785. The average molecular weight is 279 g/mol. The molecule has 0 spiro atoms. The van der Waals surface area contributed by atoms with Crippen molar-refractivity contribution in [1.29, 1.82) is 0 Å². The second-order valence-electron chi connectivity index (χ2n) is 5.64. The van der Waals surface area contributed by atoms with Crippen LogP contribution in [0.15, 0.2) is 18.2 Å². The van der Waals surface area contributed by atoms with Gasteiger partial charge in [-0.1, -0.05) is 6.07 Å². The van der Waals surface area contributed by atoms with Crippen LogP contribution >= 0.6 is 11.6 Å². The zero-order valence-electron chi connectivity index (χ0n) is 11.4. The zero-order chi connectivity index (χ0) is 13.5. The van der Waals surface area contributed by atoms with Crippen LogP contribution in [0.25, 0.3) is 11.0 Å². The number of halogens is 1. The normalized spacial score (nSPS) is 23.9. The van der Waals surface area contributed by atoms with E-state index in [4.69, 9.17) is 16.3 Å². The molecule has 1 aromatic heterocycles. The fraction of sp³-hybridized carbons (Fsp3) is 0.533. The fourth-order valence-corrected chi connectivity index (χ4v) is 3.21. The summed E-state index contributed by atoms with van der Waals surface area (Å²) in [4.78, 5) is 4.69. The lowest BCUT2D eigenvalue weighted by atomic mass is 9.94. The minimum atomic E-state index is -0.0352. The molecule has 102 valence electrons. The van der Waals surface area contributed by atoms with E-state index in [1.165, 1.54) is 5.56 Å². The van der Waals surface area contributed by atoms with Crippen LogP contribution in [0, 0.1) is 6.92 Å². The average Bonchev–Trinajstić information content (AvgIpc) is 2.77. The highest BCUT2D eigenvalue weighted by Crippen LogP contribution is 2.33. The van der Waals surface area contributed by atoms with Gasteiger partial charge in [-0.2, -0.15) is 0 Å². The van der Waals surface area contributed by atoms with E-state index in [9.17, 15) is 0 Å². The van der Waals surface area contributed by atoms with Crippen molar-refractivity contribution in [3.8, 4) is 0 Å². The number of benzene rings is 1. The first kappa shape index (κ1) is 12.9. The molecular weight excluding hydrogens is 260 g/mol. The van der Waals surface area contributed by atoms with Gasteiger partial charge in [0.05, 0.1) is 29.1 Å². The van der Waals surface area contributed by atoms with Gasteiger partial charge in [-0.15, -0.1) is 11.6 Å². The molecule has 0 N–H and O–H groups in total. The molecule has 0 aliphatic carbocycles. The number of nitrogens with zero attached hydrogens (tertiary/aromatic N) is 2. The van der Waals surface area contributed by atoms with Crippen molar-refractivity contribution in [2.24, 2.45) is 0 Å². The van der Waals surface area contributed by atoms with Gasteiger partial charge in [-0.05, 0) is 44.4 Å². The summed E-state index contributed by atoms with van der Waals surface area (Å²) in [5.74, 6) is 1.37. The van der Waals surface area contributed by atoms with Crippen LogP contribution in [0.1, 0.15) is 31.2 Å². The minimum absolute atomic E-state index is 0.0352. The first-order chi connectivity index (χ1) is 9.14. The lowest BCUT2D eigenvalue weighted by Crippen LogP contribution is -2.39. The number of rotatable bonds is 2. The Hall–Kier alpha value is -1.06.